The van der Waals surface area contributed by atoms with Gasteiger partial charge in [-0.15, -0.1) is 0 Å². The molecule has 3 unspecified atom stereocenters. The lowest BCUT2D eigenvalue weighted by Gasteiger charge is -2.19. The highest BCUT2D eigenvalue weighted by atomic mass is 127. The number of aliphatic imine (C=N–C) groups is 2. The van der Waals surface area contributed by atoms with Crippen LogP contribution in [0.1, 0.15) is 33.6 Å². The fourth-order valence-electron chi connectivity index (χ4n) is 1.86. The summed E-state index contributed by atoms with van der Waals surface area (Å²) in [5, 5.41) is 0. The van der Waals surface area contributed by atoms with Crippen LogP contribution in [0.5, 0.6) is 0 Å². The highest BCUT2D eigenvalue weighted by Gasteiger charge is 2.16. The Hall–Kier alpha value is 1.66. The van der Waals surface area contributed by atoms with E-state index >= 15 is 0 Å². The fourth-order valence-corrected chi connectivity index (χ4v) is 1.86. The molecule has 0 aromatic rings. The third kappa shape index (κ3) is 12.1. The van der Waals surface area contributed by atoms with Crippen molar-refractivity contribution in [2.45, 2.75) is 39.7 Å². The summed E-state index contributed by atoms with van der Waals surface area (Å²) in [6, 6.07) is 0.674. The van der Waals surface area contributed by atoms with Crippen molar-refractivity contribution in [3.05, 3.63) is 24.8 Å². The minimum absolute atomic E-state index is 0. The van der Waals surface area contributed by atoms with Gasteiger partial charge in [0.15, 0.2) is 12.7 Å². The van der Waals surface area contributed by atoms with Crippen molar-refractivity contribution in [3.63, 3.8) is 0 Å². The van der Waals surface area contributed by atoms with Gasteiger partial charge in [-0.05, 0) is 19.8 Å². The Labute approximate surface area is 203 Å². The predicted molar refractivity (Wildman–Crippen MR) is 77.3 cm³/mol. The van der Waals surface area contributed by atoms with Gasteiger partial charge in [0.25, 0.3) is 0 Å². The van der Waals surface area contributed by atoms with Gasteiger partial charge < -0.3 is 95.9 Å². The molecule has 0 radical (unpaired) electrons. The van der Waals surface area contributed by atoms with Crippen LogP contribution in [0.4, 0.5) is 0 Å². The number of hydrogen-bond donors (Lipinski definition) is 1. The van der Waals surface area contributed by atoms with Gasteiger partial charge in [-0.1, -0.05) is 13.8 Å². The first-order valence-electron chi connectivity index (χ1n) is 6.75. The lowest BCUT2D eigenvalue weighted by atomic mass is 10.2. The van der Waals surface area contributed by atoms with E-state index in [0.717, 1.165) is 11.0 Å². The van der Waals surface area contributed by atoms with Gasteiger partial charge in [0, 0.05) is 0 Å². The summed E-state index contributed by atoms with van der Waals surface area (Å²) in [6.07, 6.45) is 14.2. The molecule has 0 aromatic heterocycles. The SMILES string of the molecule is CCC(C)[NH+]1C=CN=C1.CCC[N+]1(C)C=CN=C1.[I-].[I-].[I-].[I-]. The smallest absolute Gasteiger partial charge is 0.194 e. The van der Waals surface area contributed by atoms with Crippen molar-refractivity contribution in [2.75, 3.05) is 13.6 Å². The highest BCUT2D eigenvalue weighted by molar-refractivity contribution is 5.50. The lowest BCUT2D eigenvalue weighted by Crippen LogP contribution is -3.09. The van der Waals surface area contributed by atoms with Gasteiger partial charge in [-0.25, -0.2) is 9.98 Å². The first-order chi connectivity index (χ1) is 8.61. The third-order valence-corrected chi connectivity index (χ3v) is 3.29. The van der Waals surface area contributed by atoms with E-state index < -0.39 is 0 Å². The number of hydrogen-bond acceptors (Lipinski definition) is 2. The van der Waals surface area contributed by atoms with Crippen molar-refractivity contribution in [1.82, 2.24) is 0 Å². The maximum Gasteiger partial charge on any atom is 0.194 e. The maximum atomic E-state index is 4.02. The number of rotatable bonds is 4. The van der Waals surface area contributed by atoms with Crippen LogP contribution in [0.15, 0.2) is 34.8 Å². The zero-order valence-corrected chi connectivity index (χ0v) is 22.1. The van der Waals surface area contributed by atoms with Gasteiger partial charge in [-0.3, -0.25) is 9.38 Å². The summed E-state index contributed by atoms with van der Waals surface area (Å²) >= 11 is 0. The first kappa shape index (κ1) is 31.4. The van der Waals surface area contributed by atoms with Crippen LogP contribution in [0.2, 0.25) is 0 Å². The molecule has 0 spiro atoms. The largest absolute Gasteiger partial charge is 1.00 e. The molecule has 0 aromatic carbocycles. The van der Waals surface area contributed by atoms with Crippen molar-refractivity contribution in [3.8, 4) is 0 Å². The molecule has 8 heteroatoms. The van der Waals surface area contributed by atoms with Gasteiger partial charge in [-0.2, -0.15) is 0 Å². The summed E-state index contributed by atoms with van der Waals surface area (Å²) in [7, 11) is 2.15. The fraction of sp³-hybridized carbons (Fsp3) is 0.571. The van der Waals surface area contributed by atoms with Crippen LogP contribution < -0.4 is 101 Å². The van der Waals surface area contributed by atoms with E-state index in [2.05, 4.69) is 50.2 Å². The van der Waals surface area contributed by atoms with E-state index in [1.54, 1.807) is 0 Å². The second kappa shape index (κ2) is 17.5. The van der Waals surface area contributed by atoms with Gasteiger partial charge in [0.2, 0.25) is 0 Å². The second-order valence-electron chi connectivity index (χ2n) is 5.04. The minimum Gasteiger partial charge on any atom is -1.00 e. The lowest BCUT2D eigenvalue weighted by molar-refractivity contribution is -0.766. The van der Waals surface area contributed by atoms with Crippen LogP contribution >= 0.6 is 0 Å². The summed E-state index contributed by atoms with van der Waals surface area (Å²) in [5.74, 6) is 0. The van der Waals surface area contributed by atoms with E-state index in [0.29, 0.717) is 6.04 Å². The van der Waals surface area contributed by atoms with Gasteiger partial charge >= 0.3 is 0 Å². The van der Waals surface area contributed by atoms with Crippen LogP contribution in [0, 0.1) is 0 Å². The monoisotopic (exact) mass is 758 g/mol. The number of quaternary nitrogens is 2. The third-order valence-electron chi connectivity index (χ3n) is 3.29. The van der Waals surface area contributed by atoms with Gasteiger partial charge in [0.1, 0.15) is 12.4 Å². The zero-order valence-electron chi connectivity index (χ0n) is 13.5. The Bertz CT molecular complexity index is 346. The second-order valence-corrected chi connectivity index (χ2v) is 5.04. The summed E-state index contributed by atoms with van der Waals surface area (Å²) in [4.78, 5) is 9.37. The Kier molecular flexibility index (Phi) is 25.0. The van der Waals surface area contributed by atoms with E-state index in [-0.39, 0.29) is 95.9 Å². The first-order valence-corrected chi connectivity index (χ1v) is 6.75. The molecule has 2 heterocycles. The zero-order chi connectivity index (χ0) is 13.4. The quantitative estimate of drug-likeness (QED) is 0.219. The molecule has 22 heavy (non-hydrogen) atoms. The van der Waals surface area contributed by atoms with Crippen molar-refractivity contribution >= 4 is 12.7 Å². The minimum atomic E-state index is 0. The normalized spacial score (nSPS) is 24.1. The number of nitrogens with zero attached hydrogens (tertiary/aromatic N) is 3. The van der Waals surface area contributed by atoms with Crippen LogP contribution in [0.25, 0.3) is 0 Å². The molecule has 0 saturated carbocycles. The molecule has 3 atom stereocenters. The van der Waals surface area contributed by atoms with Crippen LogP contribution in [-0.2, 0) is 0 Å². The summed E-state index contributed by atoms with van der Waals surface area (Å²) in [6.45, 7) is 7.75. The summed E-state index contributed by atoms with van der Waals surface area (Å²) < 4.78 is 0.872. The Morgan fingerprint density at radius 3 is 2.05 bits per heavy atom. The molecule has 2 aliphatic rings. The van der Waals surface area contributed by atoms with Crippen molar-refractivity contribution in [1.29, 1.82) is 0 Å². The molecule has 4 nitrogen and oxygen atoms in total. The van der Waals surface area contributed by atoms with Crippen LogP contribution in [0.3, 0.4) is 0 Å². The van der Waals surface area contributed by atoms with Crippen molar-refractivity contribution < 1.29 is 105 Å². The van der Waals surface area contributed by atoms with E-state index in [9.17, 15) is 0 Å². The molecular weight excluding hydrogens is 732 g/mol. The number of nitrogens with one attached hydrogen (secondary N) is 1. The molecule has 0 bridgehead atoms. The van der Waals surface area contributed by atoms with Crippen molar-refractivity contribution in [2.24, 2.45) is 9.98 Å². The highest BCUT2D eigenvalue weighted by Crippen LogP contribution is 2.06. The topological polar surface area (TPSA) is 29.2 Å². The van der Waals surface area contributed by atoms with Crippen LogP contribution in [-0.4, -0.2) is 36.8 Å². The maximum absolute atomic E-state index is 4.02. The molecule has 0 aliphatic carbocycles. The molecule has 0 fully saturated rings. The number of halogens is 4. The molecule has 0 saturated heterocycles. The van der Waals surface area contributed by atoms with Gasteiger partial charge in [0.05, 0.1) is 32.0 Å². The Morgan fingerprint density at radius 2 is 1.68 bits per heavy atom. The molecule has 0 amide bonds. The Morgan fingerprint density at radius 1 is 1.05 bits per heavy atom. The van der Waals surface area contributed by atoms with E-state index in [4.69, 9.17) is 0 Å². The average molecular weight is 758 g/mol. The molecule has 2 rings (SSSR count). The molecule has 132 valence electrons. The average Bonchev–Trinajstić information content (AvgIpc) is 3.01. The van der Waals surface area contributed by atoms with E-state index in [1.807, 2.05) is 25.1 Å². The molecular formula is C14H26I4N4-2. The van der Waals surface area contributed by atoms with E-state index in [1.165, 1.54) is 17.7 Å². The Balaban J connectivity index is -0.000000125. The predicted octanol–water partition coefficient (Wildman–Crippen LogP) is -10.4. The summed E-state index contributed by atoms with van der Waals surface area (Å²) in [5.41, 5.74) is 0. The molecule has 2 aliphatic heterocycles. The molecule has 1 N–H and O–H groups in total. The standard InChI is InChI=1S/C7H12N2.C7H13N2.4HI/c1-3-7(2)9-5-4-8-6-9;1-3-5-9(2)6-4-8-7-9;;;;/h4-7H,3H2,1-2H3;4,6-7H,3,5H2,1-2H3;4*1H/q;+1;;;;/p-3.